The van der Waals surface area contributed by atoms with Crippen molar-refractivity contribution in [2.75, 3.05) is 6.16 Å². The smallest absolute Gasteiger partial charge is 0.338 e. The van der Waals surface area contributed by atoms with E-state index in [9.17, 15) is 14.0 Å². The molecule has 0 aliphatic carbocycles. The lowest BCUT2D eigenvalue weighted by Gasteiger charge is -2.07. The maximum Gasteiger partial charge on any atom is 0.338 e. The summed E-state index contributed by atoms with van der Waals surface area (Å²) in [7, 11) is -7.38. The summed E-state index contributed by atoms with van der Waals surface area (Å²) < 4.78 is 26.0. The number of hydrogen-bond acceptors (Lipinski definition) is 6. The highest BCUT2D eigenvalue weighted by Crippen LogP contribution is 2.49. The second-order valence-electron chi connectivity index (χ2n) is 5.64. The Hall–Kier alpha value is -0.560. The molecule has 0 aliphatic heterocycles. The highest BCUT2D eigenvalue weighted by molar-refractivity contribution is 7.59. The van der Waals surface area contributed by atoms with E-state index in [1.165, 1.54) is 11.1 Å². The van der Waals surface area contributed by atoms with Crippen molar-refractivity contribution >= 4 is 15.9 Å². The molecule has 0 fully saturated rings. The topological polar surface area (TPSA) is 189 Å². The van der Waals surface area contributed by atoms with Gasteiger partial charge < -0.3 is 28.2 Å². The van der Waals surface area contributed by atoms with E-state index in [0.717, 1.165) is 31.3 Å². The predicted octanol–water partition coefficient (Wildman–Crippen LogP) is 5.48. The van der Waals surface area contributed by atoms with Gasteiger partial charge in [-0.1, -0.05) is 34.9 Å². The summed E-state index contributed by atoms with van der Waals surface area (Å²) in [6.45, 7) is 8.15. The van der Waals surface area contributed by atoms with E-state index in [-0.39, 0.29) is 24.6 Å². The van der Waals surface area contributed by atoms with Gasteiger partial charge in [-0.3, -0.25) is 9.13 Å². The molecule has 8 nitrogen and oxygen atoms in total. The van der Waals surface area contributed by atoms with E-state index in [2.05, 4.69) is 37.2 Å². The van der Waals surface area contributed by atoms with Crippen molar-refractivity contribution in [1.82, 2.24) is 18.5 Å². The van der Waals surface area contributed by atoms with Crippen LogP contribution in [0.1, 0.15) is 53.4 Å². The molecule has 2 atom stereocenters. The van der Waals surface area contributed by atoms with E-state index in [1.807, 2.05) is 6.92 Å². The Labute approximate surface area is 152 Å². The summed E-state index contributed by atoms with van der Waals surface area (Å²) in [6.07, 6.45) is 9.50. The van der Waals surface area contributed by atoms with Crippen molar-refractivity contribution in [1.29, 1.82) is 0 Å². The molecule has 0 saturated carbocycles. The lowest BCUT2D eigenvalue weighted by molar-refractivity contribution is 0.352. The van der Waals surface area contributed by atoms with Gasteiger partial charge >= 0.3 is 15.9 Å². The molecule has 0 bridgehead atoms. The zero-order valence-electron chi connectivity index (χ0n) is 16.0. The van der Waals surface area contributed by atoms with Crippen LogP contribution in [0, 0.1) is 0 Å². The molecule has 0 radical (unpaired) electrons. The number of hydrogen-bond donors (Lipinski definition) is 5. The number of rotatable bonds is 10. The molecular formula is C15H37N3O5P2. The minimum absolute atomic E-state index is 0. The van der Waals surface area contributed by atoms with Gasteiger partial charge in [-0.15, -0.1) is 0 Å². The van der Waals surface area contributed by atoms with Gasteiger partial charge in [-0.25, -0.2) is 4.31 Å². The van der Waals surface area contributed by atoms with Gasteiger partial charge in [0.05, 0.1) is 6.16 Å². The second-order valence-corrected chi connectivity index (χ2v) is 8.54. The summed E-state index contributed by atoms with van der Waals surface area (Å²) in [4.78, 5) is 17.8. The first kappa shape index (κ1) is 32.1. The SMILES string of the molecule is CC(C)=CCCC(C)=CCCC(C)=CCP(=O)(O)O[PH](=O)O.N.N.N. The van der Waals surface area contributed by atoms with Gasteiger partial charge in [-0.2, -0.15) is 0 Å². The van der Waals surface area contributed by atoms with Crippen LogP contribution < -0.4 is 18.5 Å². The van der Waals surface area contributed by atoms with Gasteiger partial charge in [0.1, 0.15) is 0 Å². The molecule has 0 spiro atoms. The highest BCUT2D eigenvalue weighted by atomic mass is 31.2. The third-order valence-corrected chi connectivity index (χ3v) is 5.42. The number of allylic oxidation sites excluding steroid dienone is 6. The molecule has 152 valence electrons. The molecule has 10 heteroatoms. The minimum Gasteiger partial charge on any atom is -0.344 e. The van der Waals surface area contributed by atoms with Gasteiger partial charge in [0.15, 0.2) is 0 Å². The molecule has 0 saturated heterocycles. The normalized spacial score (nSPS) is 15.0. The Morgan fingerprint density at radius 1 is 0.960 bits per heavy atom. The van der Waals surface area contributed by atoms with Crippen molar-refractivity contribution in [3.63, 3.8) is 0 Å². The third kappa shape index (κ3) is 21.4. The Balaban J connectivity index is -0.000000735. The molecule has 11 N–H and O–H groups in total. The molecule has 0 aliphatic rings. The standard InChI is InChI=1S/C15H28O5P2.3H3N/c1-13(2)7-5-8-14(3)9-6-10-15(4)11-12-22(18,19)20-21(16)17;;;/h7,9,11,21H,5-6,8,10,12H2,1-4H3,(H,16,17)(H,18,19);3*1H3. The zero-order valence-corrected chi connectivity index (χ0v) is 17.8. The first-order valence-electron chi connectivity index (χ1n) is 7.31. The molecule has 2 unspecified atom stereocenters. The van der Waals surface area contributed by atoms with Gasteiger partial charge in [0.2, 0.25) is 0 Å². The van der Waals surface area contributed by atoms with Crippen LogP contribution >= 0.6 is 15.9 Å². The van der Waals surface area contributed by atoms with Crippen LogP contribution in [0.4, 0.5) is 0 Å². The average Bonchev–Trinajstić information content (AvgIpc) is 2.34. The van der Waals surface area contributed by atoms with E-state index < -0.39 is 15.9 Å². The fourth-order valence-electron chi connectivity index (χ4n) is 1.77. The largest absolute Gasteiger partial charge is 0.344 e. The fourth-order valence-corrected chi connectivity index (χ4v) is 3.59. The van der Waals surface area contributed by atoms with Crippen molar-refractivity contribution in [2.24, 2.45) is 0 Å². The Kier molecular flexibility index (Phi) is 21.7. The monoisotopic (exact) mass is 401 g/mol. The van der Waals surface area contributed by atoms with E-state index in [4.69, 9.17) is 4.89 Å². The molecule has 0 aromatic carbocycles. The van der Waals surface area contributed by atoms with Crippen LogP contribution in [-0.2, 0) is 13.4 Å². The lowest BCUT2D eigenvalue weighted by atomic mass is 10.1. The predicted molar refractivity (Wildman–Crippen MR) is 107 cm³/mol. The second kappa shape index (κ2) is 16.9. The van der Waals surface area contributed by atoms with Crippen LogP contribution in [0.15, 0.2) is 34.9 Å². The first-order valence-corrected chi connectivity index (χ1v) is 10.3. The van der Waals surface area contributed by atoms with Crippen LogP contribution in [-0.4, -0.2) is 15.9 Å². The van der Waals surface area contributed by atoms with Crippen LogP contribution in [0.3, 0.4) is 0 Å². The minimum atomic E-state index is -3.99. The maximum atomic E-state index is 11.4. The lowest BCUT2D eigenvalue weighted by Crippen LogP contribution is -1.88. The summed E-state index contributed by atoms with van der Waals surface area (Å²) in [5.74, 6) is 0. The zero-order chi connectivity index (χ0) is 17.2. The highest BCUT2D eigenvalue weighted by Gasteiger charge is 2.19. The van der Waals surface area contributed by atoms with E-state index >= 15 is 0 Å². The molecule has 25 heavy (non-hydrogen) atoms. The molecule has 0 aromatic heterocycles. The fraction of sp³-hybridized carbons (Fsp3) is 0.600. The van der Waals surface area contributed by atoms with Crippen LogP contribution in [0.5, 0.6) is 0 Å². The molecule has 0 heterocycles. The molecule has 0 rings (SSSR count). The molecule has 0 amide bonds. The van der Waals surface area contributed by atoms with Crippen molar-refractivity contribution < 1.29 is 23.2 Å². The Morgan fingerprint density at radius 2 is 1.40 bits per heavy atom. The van der Waals surface area contributed by atoms with Gasteiger partial charge in [0, 0.05) is 0 Å². The Morgan fingerprint density at radius 3 is 1.84 bits per heavy atom. The van der Waals surface area contributed by atoms with E-state index in [0.29, 0.717) is 0 Å². The quantitative estimate of drug-likeness (QED) is 0.235. The summed E-state index contributed by atoms with van der Waals surface area (Å²) in [6, 6.07) is 0. The third-order valence-electron chi connectivity index (χ3n) is 3.01. The summed E-state index contributed by atoms with van der Waals surface area (Å²) in [5.41, 5.74) is 3.62. The first-order chi connectivity index (χ1) is 10.1. The Bertz CT molecular complexity index is 515. The van der Waals surface area contributed by atoms with E-state index in [1.54, 1.807) is 6.08 Å². The van der Waals surface area contributed by atoms with Crippen LogP contribution in [0.25, 0.3) is 0 Å². The van der Waals surface area contributed by atoms with Gasteiger partial charge in [0.25, 0.3) is 0 Å². The van der Waals surface area contributed by atoms with Crippen molar-refractivity contribution in [3.05, 3.63) is 34.9 Å². The van der Waals surface area contributed by atoms with Crippen molar-refractivity contribution in [2.45, 2.75) is 53.4 Å². The van der Waals surface area contributed by atoms with Gasteiger partial charge in [-0.05, 0) is 53.4 Å². The average molecular weight is 401 g/mol. The van der Waals surface area contributed by atoms with Crippen LogP contribution in [0.2, 0.25) is 0 Å². The van der Waals surface area contributed by atoms with Crippen molar-refractivity contribution in [3.8, 4) is 0 Å². The maximum absolute atomic E-state index is 11.4. The summed E-state index contributed by atoms with van der Waals surface area (Å²) in [5, 5.41) is 0. The summed E-state index contributed by atoms with van der Waals surface area (Å²) >= 11 is 0. The molecule has 0 aromatic rings. The molecular weight excluding hydrogens is 364 g/mol.